The molecule has 0 aromatic heterocycles. The first-order valence-electron chi connectivity index (χ1n) is 8.27. The maximum Gasteiger partial charge on any atom is 0.171 e. The van der Waals surface area contributed by atoms with Gasteiger partial charge in [-0.25, -0.2) is 0 Å². The van der Waals surface area contributed by atoms with Gasteiger partial charge in [-0.1, -0.05) is 12.1 Å². The van der Waals surface area contributed by atoms with Crippen LogP contribution in [0.5, 0.6) is 28.7 Å². The fourth-order valence-electron chi connectivity index (χ4n) is 3.82. The van der Waals surface area contributed by atoms with Crippen LogP contribution in [0.4, 0.5) is 0 Å². The molecule has 0 heterocycles. The van der Waals surface area contributed by atoms with Gasteiger partial charge in [0.15, 0.2) is 5.78 Å². The number of fused-ring (bicyclic) bond motifs is 1. The Labute approximate surface area is 154 Å². The van der Waals surface area contributed by atoms with Gasteiger partial charge < -0.3 is 25.5 Å². The Balaban J connectivity index is 1.98. The summed E-state index contributed by atoms with van der Waals surface area (Å²) in [4.78, 5) is 13.1. The summed E-state index contributed by atoms with van der Waals surface area (Å²) >= 11 is 0. The summed E-state index contributed by atoms with van der Waals surface area (Å²) in [5, 5.41) is 49.6. The average Bonchev–Trinajstić information content (AvgIpc) is 2.88. The van der Waals surface area contributed by atoms with Crippen molar-refractivity contribution < 1.29 is 30.3 Å². The molecule has 0 radical (unpaired) electrons. The number of carbonyl (C=O) groups excluding carboxylic acids is 1. The van der Waals surface area contributed by atoms with Crippen molar-refractivity contribution >= 4 is 5.78 Å². The second kappa shape index (κ2) is 5.95. The standard InChI is InChI=1S/C21H16O6/c22-12-3-1-10(2-4-12)19-18(11-5-13(23)7-14(24)6-11)20-16(21(19)27)8-15(25)9-17(20)26/h1-9,18-19,22-26H/t18-,19-/m0/s1. The van der Waals surface area contributed by atoms with Gasteiger partial charge in [0.1, 0.15) is 28.7 Å². The second-order valence-corrected chi connectivity index (χ2v) is 6.62. The predicted octanol–water partition coefficient (Wildman–Crippen LogP) is 3.33. The van der Waals surface area contributed by atoms with Crippen LogP contribution >= 0.6 is 0 Å². The zero-order valence-corrected chi connectivity index (χ0v) is 14.0. The van der Waals surface area contributed by atoms with Gasteiger partial charge in [-0.2, -0.15) is 0 Å². The smallest absolute Gasteiger partial charge is 0.171 e. The molecule has 0 spiro atoms. The second-order valence-electron chi connectivity index (χ2n) is 6.62. The number of Topliss-reactive ketones (excluding diaryl/α,β-unsaturated/α-hetero) is 1. The predicted molar refractivity (Wildman–Crippen MR) is 96.6 cm³/mol. The van der Waals surface area contributed by atoms with E-state index in [0.29, 0.717) is 16.7 Å². The van der Waals surface area contributed by atoms with E-state index in [1.807, 2.05) is 0 Å². The van der Waals surface area contributed by atoms with E-state index in [-0.39, 0.29) is 40.1 Å². The monoisotopic (exact) mass is 364 g/mol. The molecule has 1 aliphatic rings. The number of aromatic hydroxyl groups is 5. The van der Waals surface area contributed by atoms with Crippen LogP contribution < -0.4 is 0 Å². The molecule has 0 amide bonds. The van der Waals surface area contributed by atoms with Crippen LogP contribution in [0.25, 0.3) is 0 Å². The number of carbonyl (C=O) groups is 1. The molecule has 0 bridgehead atoms. The van der Waals surface area contributed by atoms with E-state index in [0.717, 1.165) is 6.07 Å². The first-order valence-corrected chi connectivity index (χ1v) is 8.27. The minimum atomic E-state index is -0.755. The lowest BCUT2D eigenvalue weighted by Crippen LogP contribution is -2.13. The third-order valence-electron chi connectivity index (χ3n) is 4.87. The minimum absolute atomic E-state index is 0.0498. The maximum absolute atomic E-state index is 13.1. The van der Waals surface area contributed by atoms with Crippen LogP contribution in [0.1, 0.15) is 38.9 Å². The average molecular weight is 364 g/mol. The van der Waals surface area contributed by atoms with E-state index in [4.69, 9.17) is 0 Å². The zero-order valence-electron chi connectivity index (χ0n) is 14.0. The molecule has 5 N–H and O–H groups in total. The molecule has 2 atom stereocenters. The van der Waals surface area contributed by atoms with Crippen molar-refractivity contribution in [1.29, 1.82) is 0 Å². The molecular formula is C21H16O6. The number of hydrogen-bond donors (Lipinski definition) is 5. The summed E-state index contributed by atoms with van der Waals surface area (Å²) in [6.45, 7) is 0. The van der Waals surface area contributed by atoms with E-state index in [1.165, 1.54) is 36.4 Å². The van der Waals surface area contributed by atoms with Crippen molar-refractivity contribution in [3.63, 3.8) is 0 Å². The molecule has 6 heteroatoms. The lowest BCUT2D eigenvalue weighted by Gasteiger charge is -2.21. The van der Waals surface area contributed by atoms with E-state index in [9.17, 15) is 30.3 Å². The number of rotatable bonds is 2. The van der Waals surface area contributed by atoms with Crippen molar-refractivity contribution in [3.8, 4) is 28.7 Å². The molecule has 0 fully saturated rings. The number of ketones is 1. The van der Waals surface area contributed by atoms with Crippen molar-refractivity contribution in [2.24, 2.45) is 0 Å². The van der Waals surface area contributed by atoms with E-state index >= 15 is 0 Å². The number of phenols is 5. The van der Waals surface area contributed by atoms with Crippen molar-refractivity contribution in [2.75, 3.05) is 0 Å². The fourth-order valence-corrected chi connectivity index (χ4v) is 3.82. The summed E-state index contributed by atoms with van der Waals surface area (Å²) in [7, 11) is 0. The highest BCUT2D eigenvalue weighted by Crippen LogP contribution is 2.52. The molecule has 4 rings (SSSR count). The minimum Gasteiger partial charge on any atom is -0.508 e. The highest BCUT2D eigenvalue weighted by Gasteiger charge is 2.44. The Morgan fingerprint density at radius 3 is 1.81 bits per heavy atom. The van der Waals surface area contributed by atoms with Gasteiger partial charge >= 0.3 is 0 Å². The highest BCUT2D eigenvalue weighted by atomic mass is 16.3. The van der Waals surface area contributed by atoms with Gasteiger partial charge in [0.25, 0.3) is 0 Å². The van der Waals surface area contributed by atoms with Crippen LogP contribution in [0.3, 0.4) is 0 Å². The number of hydrogen-bond acceptors (Lipinski definition) is 6. The van der Waals surface area contributed by atoms with Crippen LogP contribution in [0, 0.1) is 0 Å². The molecule has 0 saturated carbocycles. The summed E-state index contributed by atoms with van der Waals surface area (Å²) in [5.41, 5.74) is 1.54. The molecule has 0 aliphatic heterocycles. The van der Waals surface area contributed by atoms with Crippen molar-refractivity contribution in [3.05, 3.63) is 76.9 Å². The molecule has 136 valence electrons. The molecule has 3 aromatic rings. The third-order valence-corrected chi connectivity index (χ3v) is 4.87. The normalized spacial score (nSPS) is 18.4. The molecule has 27 heavy (non-hydrogen) atoms. The van der Waals surface area contributed by atoms with Gasteiger partial charge in [-0.05, 0) is 41.5 Å². The third kappa shape index (κ3) is 2.71. The first kappa shape index (κ1) is 16.8. The summed E-state index contributed by atoms with van der Waals surface area (Å²) in [5.74, 6) is -2.52. The maximum atomic E-state index is 13.1. The highest BCUT2D eigenvalue weighted by molar-refractivity contribution is 6.08. The fraction of sp³-hybridized carbons (Fsp3) is 0.0952. The van der Waals surface area contributed by atoms with E-state index in [2.05, 4.69) is 0 Å². The lowest BCUT2D eigenvalue weighted by molar-refractivity contribution is 0.0967. The molecule has 1 aliphatic carbocycles. The molecule has 3 aromatic carbocycles. The van der Waals surface area contributed by atoms with Gasteiger partial charge in [0.2, 0.25) is 0 Å². The Hall–Kier alpha value is -3.67. The van der Waals surface area contributed by atoms with Crippen LogP contribution in [0.15, 0.2) is 54.6 Å². The van der Waals surface area contributed by atoms with E-state index in [1.54, 1.807) is 12.1 Å². The first-order chi connectivity index (χ1) is 12.8. The van der Waals surface area contributed by atoms with Crippen LogP contribution in [0.2, 0.25) is 0 Å². The SMILES string of the molecule is O=C1c2cc(O)cc(O)c2[C@@H](c2cc(O)cc(O)c2)[C@@H]1c1ccc(O)cc1. The van der Waals surface area contributed by atoms with E-state index < -0.39 is 11.8 Å². The Bertz CT molecular complexity index is 1030. The van der Waals surface area contributed by atoms with Gasteiger partial charge in [0.05, 0.1) is 5.92 Å². The van der Waals surface area contributed by atoms with Gasteiger partial charge in [0, 0.05) is 29.2 Å². The van der Waals surface area contributed by atoms with Crippen molar-refractivity contribution in [2.45, 2.75) is 11.8 Å². The Morgan fingerprint density at radius 1 is 0.593 bits per heavy atom. The largest absolute Gasteiger partial charge is 0.508 e. The lowest BCUT2D eigenvalue weighted by atomic mass is 9.81. The topological polar surface area (TPSA) is 118 Å². The van der Waals surface area contributed by atoms with Crippen molar-refractivity contribution in [1.82, 2.24) is 0 Å². The Kier molecular flexibility index (Phi) is 3.70. The molecule has 0 saturated heterocycles. The number of phenolic OH excluding ortho intramolecular Hbond substituents is 5. The van der Waals surface area contributed by atoms with Gasteiger partial charge in [-0.15, -0.1) is 0 Å². The summed E-state index contributed by atoms with van der Waals surface area (Å²) in [6, 6.07) is 12.6. The molecule has 6 nitrogen and oxygen atoms in total. The summed E-state index contributed by atoms with van der Waals surface area (Å²) < 4.78 is 0. The molecule has 0 unspecified atom stereocenters. The zero-order chi connectivity index (χ0) is 19.3. The molecular weight excluding hydrogens is 348 g/mol. The quantitative estimate of drug-likeness (QED) is 0.476. The van der Waals surface area contributed by atoms with Gasteiger partial charge in [-0.3, -0.25) is 4.79 Å². The Morgan fingerprint density at radius 2 is 1.19 bits per heavy atom. The van der Waals surface area contributed by atoms with Crippen LogP contribution in [-0.4, -0.2) is 31.3 Å². The van der Waals surface area contributed by atoms with Crippen LogP contribution in [-0.2, 0) is 0 Å². The number of benzene rings is 3. The summed E-state index contributed by atoms with van der Waals surface area (Å²) in [6.07, 6.45) is 0.